The van der Waals surface area contributed by atoms with Crippen molar-refractivity contribution in [3.8, 4) is 0 Å². The Hall–Kier alpha value is -2.94. The van der Waals surface area contributed by atoms with Crippen LogP contribution < -0.4 is 10.7 Å². The van der Waals surface area contributed by atoms with E-state index in [0.717, 1.165) is 49.7 Å². The van der Waals surface area contributed by atoms with Crippen molar-refractivity contribution in [2.24, 2.45) is 11.0 Å². The minimum atomic E-state index is -1.04. The van der Waals surface area contributed by atoms with Crippen molar-refractivity contribution in [3.05, 3.63) is 53.9 Å². The van der Waals surface area contributed by atoms with Crippen LogP contribution in [-0.4, -0.2) is 61.4 Å². The van der Waals surface area contributed by atoms with Crippen LogP contribution in [0.3, 0.4) is 0 Å². The Morgan fingerprint density at radius 1 is 1.34 bits per heavy atom. The fraction of sp³-hybridized carbons (Fsp3) is 0.400. The van der Waals surface area contributed by atoms with E-state index < -0.39 is 17.7 Å². The van der Waals surface area contributed by atoms with Crippen LogP contribution >= 0.6 is 0 Å². The lowest BCUT2D eigenvalue weighted by Crippen LogP contribution is -2.41. The highest BCUT2D eigenvalue weighted by molar-refractivity contribution is 5.90. The number of anilines is 1. The first-order valence-electron chi connectivity index (χ1n) is 9.53. The fourth-order valence-corrected chi connectivity index (χ4v) is 3.46. The van der Waals surface area contributed by atoms with Gasteiger partial charge in [0.15, 0.2) is 11.6 Å². The lowest BCUT2D eigenvalue weighted by molar-refractivity contribution is 0.0402. The molecule has 2 amide bonds. The zero-order valence-electron chi connectivity index (χ0n) is 16.3. The van der Waals surface area contributed by atoms with Crippen LogP contribution in [0.15, 0.2) is 47.3 Å². The predicted octanol–water partition coefficient (Wildman–Crippen LogP) is 2.75. The molecule has 1 unspecified atom stereocenters. The van der Waals surface area contributed by atoms with E-state index in [2.05, 4.69) is 39.1 Å². The molecule has 0 spiro atoms. The van der Waals surface area contributed by atoms with Gasteiger partial charge in [0.05, 0.1) is 19.4 Å². The second-order valence-corrected chi connectivity index (χ2v) is 6.71. The van der Waals surface area contributed by atoms with Gasteiger partial charge >= 0.3 is 6.03 Å². The van der Waals surface area contributed by atoms with E-state index >= 15 is 0 Å². The average molecular weight is 405 g/mol. The summed E-state index contributed by atoms with van der Waals surface area (Å²) >= 11 is 0. The highest BCUT2D eigenvalue weighted by Gasteiger charge is 2.32. The lowest BCUT2D eigenvalue weighted by atomic mass is 10.0. The van der Waals surface area contributed by atoms with Gasteiger partial charge in [-0.3, -0.25) is 0 Å². The van der Waals surface area contributed by atoms with Gasteiger partial charge in [-0.2, -0.15) is 5.10 Å². The summed E-state index contributed by atoms with van der Waals surface area (Å²) in [4.78, 5) is 16.5. The Balaban J connectivity index is 1.71. The number of carbonyl (C=O) groups is 1. The van der Waals surface area contributed by atoms with Crippen LogP contribution in [0.1, 0.15) is 6.92 Å². The number of rotatable bonds is 6. The van der Waals surface area contributed by atoms with E-state index in [0.29, 0.717) is 13.2 Å². The van der Waals surface area contributed by atoms with Gasteiger partial charge in [0, 0.05) is 49.4 Å². The summed E-state index contributed by atoms with van der Waals surface area (Å²) in [6.07, 6.45) is 3.50. The molecule has 1 saturated heterocycles. The first-order valence-corrected chi connectivity index (χ1v) is 9.53. The van der Waals surface area contributed by atoms with Gasteiger partial charge < -0.3 is 19.9 Å². The SMILES string of the molecule is C=CC1CN(CC)C(N2CCOCC2)=C1/C=N/NC(=O)Nc1ccc(F)c(F)c1. The molecule has 7 nitrogen and oxygen atoms in total. The maximum Gasteiger partial charge on any atom is 0.339 e. The Kier molecular flexibility index (Phi) is 6.82. The topological polar surface area (TPSA) is 69.2 Å². The molecule has 0 bridgehead atoms. The molecule has 1 atom stereocenters. The van der Waals surface area contributed by atoms with Crippen LogP contribution in [0.2, 0.25) is 0 Å². The van der Waals surface area contributed by atoms with Crippen molar-refractivity contribution >= 4 is 17.9 Å². The van der Waals surface area contributed by atoms with Crippen molar-refractivity contribution in [1.29, 1.82) is 0 Å². The third kappa shape index (κ3) is 4.92. The molecule has 2 aliphatic rings. The lowest BCUT2D eigenvalue weighted by Gasteiger charge is -2.35. The quantitative estimate of drug-likeness (QED) is 0.434. The van der Waals surface area contributed by atoms with Crippen molar-refractivity contribution in [1.82, 2.24) is 15.2 Å². The summed E-state index contributed by atoms with van der Waals surface area (Å²) in [5.41, 5.74) is 3.47. The minimum absolute atomic E-state index is 0.0904. The highest BCUT2D eigenvalue weighted by Crippen LogP contribution is 2.30. The molecular weight excluding hydrogens is 380 g/mol. The third-order valence-electron chi connectivity index (χ3n) is 4.90. The third-order valence-corrected chi connectivity index (χ3v) is 4.90. The number of nitrogens with zero attached hydrogens (tertiary/aromatic N) is 3. The standard InChI is InChI=1S/C20H25F2N5O2/c1-3-14-13-26(4-2)19(27-7-9-29-10-8-27)16(14)12-23-25-20(28)24-15-5-6-17(21)18(22)11-15/h3,5-6,11-12,14H,1,4,7-10,13H2,2H3,(H2,24,25,28)/b23-12+. The second-order valence-electron chi connectivity index (χ2n) is 6.71. The van der Waals surface area contributed by atoms with Crippen molar-refractivity contribution in [2.45, 2.75) is 6.92 Å². The number of hydrogen-bond donors (Lipinski definition) is 2. The molecule has 2 heterocycles. The second kappa shape index (κ2) is 9.51. The fourth-order valence-electron chi connectivity index (χ4n) is 3.46. The molecule has 0 aromatic heterocycles. The molecule has 0 saturated carbocycles. The maximum absolute atomic E-state index is 13.2. The highest BCUT2D eigenvalue weighted by atomic mass is 19.2. The molecule has 0 radical (unpaired) electrons. The summed E-state index contributed by atoms with van der Waals surface area (Å²) < 4.78 is 31.7. The summed E-state index contributed by atoms with van der Waals surface area (Å²) in [5.74, 6) is -0.848. The van der Waals surface area contributed by atoms with Crippen LogP contribution in [0.4, 0.5) is 19.3 Å². The maximum atomic E-state index is 13.2. The van der Waals surface area contributed by atoms with Crippen molar-refractivity contribution in [3.63, 3.8) is 0 Å². The van der Waals surface area contributed by atoms with Crippen LogP contribution in [0.5, 0.6) is 0 Å². The predicted molar refractivity (Wildman–Crippen MR) is 107 cm³/mol. The number of nitrogens with one attached hydrogen (secondary N) is 2. The number of carbonyl (C=O) groups excluding carboxylic acids is 1. The summed E-state index contributed by atoms with van der Waals surface area (Å²) in [6, 6.07) is 2.47. The van der Waals surface area contributed by atoms with Gasteiger partial charge in [-0.1, -0.05) is 6.08 Å². The van der Waals surface area contributed by atoms with Gasteiger partial charge in [-0.25, -0.2) is 19.0 Å². The van der Waals surface area contributed by atoms with Crippen LogP contribution in [-0.2, 0) is 4.74 Å². The Morgan fingerprint density at radius 2 is 2.10 bits per heavy atom. The average Bonchev–Trinajstić information content (AvgIpc) is 3.09. The van der Waals surface area contributed by atoms with Crippen molar-refractivity contribution < 1.29 is 18.3 Å². The Bertz CT molecular complexity index is 821. The molecule has 0 aliphatic carbocycles. The number of morpholine rings is 1. The molecule has 3 rings (SSSR count). The molecule has 1 aromatic carbocycles. The van der Waals surface area contributed by atoms with E-state index in [4.69, 9.17) is 4.74 Å². The summed E-state index contributed by atoms with van der Waals surface area (Å²) in [6.45, 7) is 10.6. The van der Waals surface area contributed by atoms with Crippen LogP contribution in [0.25, 0.3) is 0 Å². The van der Waals surface area contributed by atoms with E-state index in [-0.39, 0.29) is 11.6 Å². The molecule has 29 heavy (non-hydrogen) atoms. The molecule has 1 fully saturated rings. The number of amides is 2. The molecule has 156 valence electrons. The normalized spacial score (nSPS) is 19.8. The molecule has 1 aromatic rings. The zero-order valence-corrected chi connectivity index (χ0v) is 16.3. The number of ether oxygens (including phenoxy) is 1. The first-order chi connectivity index (χ1) is 14.0. The van der Waals surface area contributed by atoms with Gasteiger partial charge in [-0.15, -0.1) is 6.58 Å². The summed E-state index contributed by atoms with van der Waals surface area (Å²) in [7, 11) is 0. The van der Waals surface area contributed by atoms with E-state index in [1.807, 2.05) is 6.08 Å². The summed E-state index contributed by atoms with van der Waals surface area (Å²) in [5, 5.41) is 6.47. The number of hydrazone groups is 1. The number of urea groups is 1. The van der Waals surface area contributed by atoms with Gasteiger partial charge in [-0.05, 0) is 19.1 Å². The monoisotopic (exact) mass is 405 g/mol. The van der Waals surface area contributed by atoms with Gasteiger partial charge in [0.2, 0.25) is 0 Å². The Morgan fingerprint density at radius 3 is 2.76 bits per heavy atom. The van der Waals surface area contributed by atoms with Crippen molar-refractivity contribution in [2.75, 3.05) is 44.7 Å². The van der Waals surface area contributed by atoms with Gasteiger partial charge in [0.1, 0.15) is 5.82 Å². The van der Waals surface area contributed by atoms with E-state index in [1.165, 1.54) is 6.07 Å². The smallest absolute Gasteiger partial charge is 0.339 e. The molecule has 9 heteroatoms. The molecule has 2 aliphatic heterocycles. The van der Waals surface area contributed by atoms with E-state index in [1.54, 1.807) is 6.21 Å². The minimum Gasteiger partial charge on any atom is -0.378 e. The number of halogens is 2. The number of benzene rings is 1. The Labute approximate surface area is 168 Å². The van der Waals surface area contributed by atoms with Crippen LogP contribution in [0, 0.1) is 17.6 Å². The number of hydrogen-bond acceptors (Lipinski definition) is 5. The first kappa shape index (κ1) is 20.8. The molecule has 2 N–H and O–H groups in total. The van der Waals surface area contributed by atoms with E-state index in [9.17, 15) is 13.6 Å². The zero-order chi connectivity index (χ0) is 20.8. The molecular formula is C20H25F2N5O2. The van der Waals surface area contributed by atoms with Gasteiger partial charge in [0.25, 0.3) is 0 Å². The largest absolute Gasteiger partial charge is 0.378 e.